The van der Waals surface area contributed by atoms with E-state index in [0.29, 0.717) is 5.01 Å². The van der Waals surface area contributed by atoms with Crippen LogP contribution in [0, 0.1) is 0 Å². The number of rotatable bonds is 2. The van der Waals surface area contributed by atoms with Crippen molar-refractivity contribution in [2.45, 2.75) is 6.42 Å². The Morgan fingerprint density at radius 1 is 1.50 bits per heavy atom. The van der Waals surface area contributed by atoms with E-state index in [1.54, 1.807) is 0 Å². The van der Waals surface area contributed by atoms with Crippen molar-refractivity contribution < 1.29 is 4.79 Å². The highest BCUT2D eigenvalue weighted by atomic mass is 79.9. The Kier molecular flexibility index (Phi) is 2.47. The van der Waals surface area contributed by atoms with Crippen molar-refractivity contribution in [3.8, 4) is 0 Å². The molecule has 0 unspecified atom stereocenters. The van der Waals surface area contributed by atoms with Crippen molar-refractivity contribution in [3.63, 3.8) is 0 Å². The first kappa shape index (κ1) is 9.54. The van der Waals surface area contributed by atoms with Crippen LogP contribution < -0.4 is 5.73 Å². The minimum absolute atomic E-state index is 0.179. The first-order chi connectivity index (χ1) is 6.65. The summed E-state index contributed by atoms with van der Waals surface area (Å²) >= 11 is 4.66. The van der Waals surface area contributed by atoms with Crippen LogP contribution in [0.15, 0.2) is 16.7 Å². The first-order valence-electron chi connectivity index (χ1n) is 3.85. The van der Waals surface area contributed by atoms with Crippen LogP contribution in [0.5, 0.6) is 0 Å². The van der Waals surface area contributed by atoms with Gasteiger partial charge in [0, 0.05) is 0 Å². The fourth-order valence-electron chi connectivity index (χ4n) is 1.06. The summed E-state index contributed by atoms with van der Waals surface area (Å²) in [5.74, 6) is -0.372. The topological polar surface area (TPSA) is 68.9 Å². The van der Waals surface area contributed by atoms with Crippen LogP contribution in [0.2, 0.25) is 0 Å². The standard InChI is InChI=1S/C8H6BrN3OS/c9-5-2-1-4-8(12-5)14-7(11-4)3-6(10)13/h1-2H,3H2,(H2,10,13). The van der Waals surface area contributed by atoms with Crippen LogP contribution in [0.25, 0.3) is 10.3 Å². The first-order valence-corrected chi connectivity index (χ1v) is 5.46. The fraction of sp³-hybridized carbons (Fsp3) is 0.125. The van der Waals surface area contributed by atoms with Crippen LogP contribution in [0.1, 0.15) is 5.01 Å². The minimum Gasteiger partial charge on any atom is -0.369 e. The Morgan fingerprint density at radius 2 is 2.29 bits per heavy atom. The van der Waals surface area contributed by atoms with Crippen LogP contribution in [0.4, 0.5) is 0 Å². The summed E-state index contributed by atoms with van der Waals surface area (Å²) in [6.45, 7) is 0. The maximum absolute atomic E-state index is 10.7. The average Bonchev–Trinajstić information content (AvgIpc) is 2.44. The predicted molar refractivity (Wildman–Crippen MR) is 58.0 cm³/mol. The number of carbonyl (C=O) groups excluding carboxylic acids is 1. The van der Waals surface area contributed by atoms with Crippen LogP contribution in [-0.2, 0) is 11.2 Å². The number of hydrogen-bond acceptors (Lipinski definition) is 4. The lowest BCUT2D eigenvalue weighted by Crippen LogP contribution is -2.13. The molecular weight excluding hydrogens is 266 g/mol. The molecule has 2 N–H and O–H groups in total. The zero-order valence-corrected chi connectivity index (χ0v) is 9.43. The van der Waals surface area contributed by atoms with Gasteiger partial charge >= 0.3 is 0 Å². The number of carbonyl (C=O) groups is 1. The summed E-state index contributed by atoms with van der Waals surface area (Å²) in [5.41, 5.74) is 5.87. The molecular formula is C8H6BrN3OS. The fourth-order valence-corrected chi connectivity index (χ4v) is 2.43. The maximum atomic E-state index is 10.7. The van der Waals surface area contributed by atoms with E-state index in [1.807, 2.05) is 12.1 Å². The number of fused-ring (bicyclic) bond motifs is 1. The van der Waals surface area contributed by atoms with Gasteiger partial charge in [-0.25, -0.2) is 9.97 Å². The van der Waals surface area contributed by atoms with E-state index in [2.05, 4.69) is 25.9 Å². The number of primary amides is 1. The largest absolute Gasteiger partial charge is 0.369 e. The number of amides is 1. The van der Waals surface area contributed by atoms with E-state index >= 15 is 0 Å². The molecule has 1 amide bonds. The zero-order valence-electron chi connectivity index (χ0n) is 7.03. The quantitative estimate of drug-likeness (QED) is 0.842. The van der Waals surface area contributed by atoms with Crippen molar-refractivity contribution >= 4 is 43.5 Å². The van der Waals surface area contributed by atoms with E-state index < -0.39 is 0 Å². The predicted octanol–water partition coefficient (Wildman–Crippen LogP) is 1.48. The number of nitrogens with two attached hydrogens (primary N) is 1. The van der Waals surface area contributed by atoms with Gasteiger partial charge in [-0.1, -0.05) is 11.3 Å². The van der Waals surface area contributed by atoms with E-state index in [9.17, 15) is 4.79 Å². The monoisotopic (exact) mass is 271 g/mol. The van der Waals surface area contributed by atoms with E-state index in [1.165, 1.54) is 11.3 Å². The molecule has 72 valence electrons. The molecule has 0 aliphatic heterocycles. The highest BCUT2D eigenvalue weighted by molar-refractivity contribution is 9.10. The molecule has 0 aliphatic carbocycles. The summed E-state index contributed by atoms with van der Waals surface area (Å²) in [4.78, 5) is 19.9. The van der Waals surface area contributed by atoms with Gasteiger partial charge in [0.25, 0.3) is 0 Å². The third-order valence-corrected chi connectivity index (χ3v) is 3.00. The van der Waals surface area contributed by atoms with Crippen LogP contribution >= 0.6 is 27.3 Å². The lowest BCUT2D eigenvalue weighted by atomic mass is 10.4. The lowest BCUT2D eigenvalue weighted by molar-refractivity contribution is -0.117. The van der Waals surface area contributed by atoms with Gasteiger partial charge in [0.15, 0.2) is 0 Å². The molecule has 2 aromatic heterocycles. The number of nitrogens with zero attached hydrogens (tertiary/aromatic N) is 2. The van der Waals surface area contributed by atoms with Gasteiger partial charge in [0.1, 0.15) is 20.0 Å². The molecule has 2 heterocycles. The summed E-state index contributed by atoms with van der Waals surface area (Å²) in [6, 6.07) is 3.67. The molecule has 0 spiro atoms. The molecule has 14 heavy (non-hydrogen) atoms. The molecule has 0 fully saturated rings. The molecule has 0 radical (unpaired) electrons. The van der Waals surface area contributed by atoms with Crippen LogP contribution in [0.3, 0.4) is 0 Å². The summed E-state index contributed by atoms with van der Waals surface area (Å²) < 4.78 is 0.763. The molecule has 0 saturated carbocycles. The number of thiazole rings is 1. The van der Waals surface area contributed by atoms with Crippen molar-refractivity contribution in [2.24, 2.45) is 5.73 Å². The highest BCUT2D eigenvalue weighted by Gasteiger charge is 2.07. The summed E-state index contributed by atoms with van der Waals surface area (Å²) in [6.07, 6.45) is 0.179. The van der Waals surface area contributed by atoms with Gasteiger partial charge < -0.3 is 5.73 Å². The Balaban J connectivity index is 2.46. The zero-order chi connectivity index (χ0) is 10.1. The van der Waals surface area contributed by atoms with Crippen molar-refractivity contribution in [1.29, 1.82) is 0 Å². The molecule has 2 aromatic rings. The van der Waals surface area contributed by atoms with E-state index in [4.69, 9.17) is 5.73 Å². The molecule has 0 aliphatic rings. The molecule has 6 heteroatoms. The number of hydrogen-bond donors (Lipinski definition) is 1. The highest BCUT2D eigenvalue weighted by Crippen LogP contribution is 2.22. The molecule has 2 rings (SSSR count). The van der Waals surface area contributed by atoms with Gasteiger partial charge in [0.2, 0.25) is 5.91 Å². The van der Waals surface area contributed by atoms with Gasteiger partial charge in [0.05, 0.1) is 6.42 Å². The molecule has 0 atom stereocenters. The number of pyridine rings is 1. The summed E-state index contributed by atoms with van der Waals surface area (Å²) in [5, 5.41) is 0.707. The molecule has 0 aromatic carbocycles. The third kappa shape index (κ3) is 1.91. The second kappa shape index (κ2) is 3.62. The Hall–Kier alpha value is -1.01. The smallest absolute Gasteiger partial charge is 0.224 e. The van der Waals surface area contributed by atoms with E-state index in [0.717, 1.165) is 15.0 Å². The lowest BCUT2D eigenvalue weighted by Gasteiger charge is -1.86. The number of halogens is 1. The SMILES string of the molecule is NC(=O)Cc1nc2ccc(Br)nc2s1. The van der Waals surface area contributed by atoms with Gasteiger partial charge in [-0.05, 0) is 28.1 Å². The van der Waals surface area contributed by atoms with Gasteiger partial charge in [-0.3, -0.25) is 4.79 Å². The second-order valence-electron chi connectivity index (χ2n) is 2.71. The molecule has 0 saturated heterocycles. The minimum atomic E-state index is -0.372. The van der Waals surface area contributed by atoms with Gasteiger partial charge in [-0.15, -0.1) is 0 Å². The Morgan fingerprint density at radius 3 is 3.00 bits per heavy atom. The van der Waals surface area contributed by atoms with Crippen molar-refractivity contribution in [3.05, 3.63) is 21.7 Å². The average molecular weight is 272 g/mol. The van der Waals surface area contributed by atoms with E-state index in [-0.39, 0.29) is 12.3 Å². The Labute approximate surface area is 92.3 Å². The van der Waals surface area contributed by atoms with Gasteiger partial charge in [-0.2, -0.15) is 0 Å². The third-order valence-electron chi connectivity index (χ3n) is 1.59. The maximum Gasteiger partial charge on any atom is 0.224 e. The molecule has 4 nitrogen and oxygen atoms in total. The van der Waals surface area contributed by atoms with Crippen LogP contribution in [-0.4, -0.2) is 15.9 Å². The second-order valence-corrected chi connectivity index (χ2v) is 4.58. The normalized spacial score (nSPS) is 10.6. The van der Waals surface area contributed by atoms with Crippen molar-refractivity contribution in [2.75, 3.05) is 0 Å². The Bertz CT molecular complexity index is 496. The van der Waals surface area contributed by atoms with Crippen molar-refractivity contribution in [1.82, 2.24) is 9.97 Å². The summed E-state index contributed by atoms with van der Waals surface area (Å²) in [7, 11) is 0. The number of aromatic nitrogens is 2. The molecule has 0 bridgehead atoms.